The first kappa shape index (κ1) is 13.7. The molecule has 4 nitrogen and oxygen atoms in total. The van der Waals surface area contributed by atoms with E-state index in [-0.39, 0.29) is 0 Å². The Morgan fingerprint density at radius 2 is 2.21 bits per heavy atom. The molecule has 0 aliphatic carbocycles. The molecular formula is C14H18N4S. The molecule has 0 spiro atoms. The molecule has 1 unspecified atom stereocenters. The Hall–Kier alpha value is -1.75. The summed E-state index contributed by atoms with van der Waals surface area (Å²) in [5, 5.41) is 1.14. The summed E-state index contributed by atoms with van der Waals surface area (Å²) >= 11 is 1.67. The van der Waals surface area contributed by atoms with Gasteiger partial charge >= 0.3 is 0 Å². The molecule has 0 saturated heterocycles. The SMILES string of the molecule is C=Cc1c(N)ncnc1-c1cnc(C(C)CCC)s1. The Kier molecular flexibility index (Phi) is 4.27. The summed E-state index contributed by atoms with van der Waals surface area (Å²) in [4.78, 5) is 13.8. The molecule has 2 rings (SSSR count). The van der Waals surface area contributed by atoms with E-state index in [2.05, 4.69) is 35.4 Å². The van der Waals surface area contributed by atoms with E-state index in [0.29, 0.717) is 11.7 Å². The average molecular weight is 274 g/mol. The molecule has 2 N–H and O–H groups in total. The van der Waals surface area contributed by atoms with Crippen LogP contribution in [0.25, 0.3) is 16.6 Å². The summed E-state index contributed by atoms with van der Waals surface area (Å²) in [6, 6.07) is 0. The predicted octanol–water partition coefficient (Wildman–Crippen LogP) is 3.73. The Morgan fingerprint density at radius 3 is 2.89 bits per heavy atom. The first-order valence-electron chi connectivity index (χ1n) is 6.36. The normalized spacial score (nSPS) is 12.3. The molecule has 0 fully saturated rings. The molecule has 0 aliphatic rings. The Bertz CT molecular complexity index is 577. The highest BCUT2D eigenvalue weighted by atomic mass is 32.1. The highest BCUT2D eigenvalue weighted by molar-refractivity contribution is 7.15. The molecule has 5 heteroatoms. The van der Waals surface area contributed by atoms with Gasteiger partial charge in [0.1, 0.15) is 12.1 Å². The van der Waals surface area contributed by atoms with Gasteiger partial charge in [-0.2, -0.15) is 0 Å². The first-order chi connectivity index (χ1) is 9.17. The van der Waals surface area contributed by atoms with Crippen molar-refractivity contribution in [3.8, 4) is 10.6 Å². The maximum atomic E-state index is 5.85. The lowest BCUT2D eigenvalue weighted by atomic mass is 10.1. The van der Waals surface area contributed by atoms with E-state index in [0.717, 1.165) is 34.0 Å². The minimum atomic E-state index is 0.455. The van der Waals surface area contributed by atoms with Crippen LogP contribution in [0, 0.1) is 0 Å². The number of nitrogen functional groups attached to an aromatic ring is 1. The summed E-state index contributed by atoms with van der Waals surface area (Å²) in [6.07, 6.45) is 7.34. The highest BCUT2D eigenvalue weighted by Crippen LogP contribution is 2.33. The first-order valence-corrected chi connectivity index (χ1v) is 7.18. The van der Waals surface area contributed by atoms with E-state index in [4.69, 9.17) is 5.73 Å². The van der Waals surface area contributed by atoms with E-state index in [1.54, 1.807) is 17.4 Å². The minimum absolute atomic E-state index is 0.455. The fraction of sp³-hybridized carbons (Fsp3) is 0.357. The van der Waals surface area contributed by atoms with Gasteiger partial charge < -0.3 is 5.73 Å². The lowest BCUT2D eigenvalue weighted by Gasteiger charge is -2.05. The van der Waals surface area contributed by atoms with Crippen molar-refractivity contribution in [1.82, 2.24) is 15.0 Å². The third-order valence-corrected chi connectivity index (χ3v) is 4.25. The lowest BCUT2D eigenvalue weighted by Crippen LogP contribution is -1.97. The molecular weight excluding hydrogens is 256 g/mol. The summed E-state index contributed by atoms with van der Waals surface area (Å²) in [5.74, 6) is 0.937. The molecule has 0 saturated carbocycles. The molecule has 0 bridgehead atoms. The van der Waals surface area contributed by atoms with E-state index in [1.807, 2.05) is 6.20 Å². The molecule has 0 radical (unpaired) electrons. The topological polar surface area (TPSA) is 64.7 Å². The minimum Gasteiger partial charge on any atom is -0.383 e. The van der Waals surface area contributed by atoms with Gasteiger partial charge in [0.2, 0.25) is 0 Å². The highest BCUT2D eigenvalue weighted by Gasteiger charge is 2.14. The molecule has 100 valence electrons. The van der Waals surface area contributed by atoms with Crippen molar-refractivity contribution in [3.05, 3.63) is 29.7 Å². The van der Waals surface area contributed by atoms with Crippen molar-refractivity contribution in [2.45, 2.75) is 32.6 Å². The maximum Gasteiger partial charge on any atom is 0.134 e. The molecule has 2 aromatic rings. The Balaban J connectivity index is 2.38. The van der Waals surface area contributed by atoms with Crippen LogP contribution < -0.4 is 5.73 Å². The molecule has 0 amide bonds. The quantitative estimate of drug-likeness (QED) is 0.902. The Labute approximate surface area is 117 Å². The van der Waals surface area contributed by atoms with Crippen LogP contribution in [0.4, 0.5) is 5.82 Å². The van der Waals surface area contributed by atoms with Gasteiger partial charge in [0.05, 0.1) is 15.6 Å². The summed E-state index contributed by atoms with van der Waals surface area (Å²) < 4.78 is 0. The van der Waals surface area contributed by atoms with Gasteiger partial charge in [0.15, 0.2) is 0 Å². The smallest absolute Gasteiger partial charge is 0.134 e. The number of rotatable bonds is 5. The summed E-state index contributed by atoms with van der Waals surface area (Å²) in [7, 11) is 0. The predicted molar refractivity (Wildman–Crippen MR) is 81.0 cm³/mol. The second-order valence-corrected chi connectivity index (χ2v) is 5.54. The van der Waals surface area contributed by atoms with E-state index < -0.39 is 0 Å². The van der Waals surface area contributed by atoms with Crippen molar-refractivity contribution < 1.29 is 0 Å². The zero-order valence-electron chi connectivity index (χ0n) is 11.3. The fourth-order valence-corrected chi connectivity index (χ4v) is 3.00. The molecule has 1 atom stereocenters. The van der Waals surface area contributed by atoms with Crippen LogP contribution in [0.2, 0.25) is 0 Å². The van der Waals surface area contributed by atoms with Crippen LogP contribution in [0.1, 0.15) is 43.2 Å². The summed E-state index contributed by atoms with van der Waals surface area (Å²) in [5.41, 5.74) is 7.44. The monoisotopic (exact) mass is 274 g/mol. The van der Waals surface area contributed by atoms with E-state index in [1.165, 1.54) is 6.33 Å². The summed E-state index contributed by atoms with van der Waals surface area (Å²) in [6.45, 7) is 8.16. The molecule has 19 heavy (non-hydrogen) atoms. The molecule has 2 aromatic heterocycles. The average Bonchev–Trinajstić information content (AvgIpc) is 2.88. The molecule has 2 heterocycles. The molecule has 0 aliphatic heterocycles. The zero-order valence-corrected chi connectivity index (χ0v) is 12.1. The van der Waals surface area contributed by atoms with Crippen molar-refractivity contribution in [2.24, 2.45) is 0 Å². The van der Waals surface area contributed by atoms with Crippen molar-refractivity contribution in [2.75, 3.05) is 5.73 Å². The van der Waals surface area contributed by atoms with Crippen LogP contribution in [-0.4, -0.2) is 15.0 Å². The van der Waals surface area contributed by atoms with Crippen LogP contribution in [0.15, 0.2) is 19.1 Å². The second-order valence-electron chi connectivity index (χ2n) is 4.48. The van der Waals surface area contributed by atoms with Crippen molar-refractivity contribution >= 4 is 23.2 Å². The maximum absolute atomic E-state index is 5.85. The van der Waals surface area contributed by atoms with Gasteiger partial charge in [0.25, 0.3) is 0 Å². The number of aromatic nitrogens is 3. The van der Waals surface area contributed by atoms with Crippen LogP contribution in [0.3, 0.4) is 0 Å². The third-order valence-electron chi connectivity index (χ3n) is 3.02. The van der Waals surface area contributed by atoms with Crippen molar-refractivity contribution in [1.29, 1.82) is 0 Å². The largest absolute Gasteiger partial charge is 0.383 e. The van der Waals surface area contributed by atoms with Crippen LogP contribution >= 0.6 is 11.3 Å². The lowest BCUT2D eigenvalue weighted by molar-refractivity contribution is 0.660. The number of hydrogen-bond donors (Lipinski definition) is 1. The third kappa shape index (κ3) is 2.81. The second kappa shape index (κ2) is 5.93. The van der Waals surface area contributed by atoms with Gasteiger partial charge in [-0.1, -0.05) is 32.9 Å². The van der Waals surface area contributed by atoms with Crippen molar-refractivity contribution in [3.63, 3.8) is 0 Å². The van der Waals surface area contributed by atoms with Gasteiger partial charge in [0, 0.05) is 17.7 Å². The number of hydrogen-bond acceptors (Lipinski definition) is 5. The number of nitrogens with two attached hydrogens (primary N) is 1. The molecule has 0 aromatic carbocycles. The number of anilines is 1. The van der Waals surface area contributed by atoms with Crippen LogP contribution in [-0.2, 0) is 0 Å². The van der Waals surface area contributed by atoms with E-state index in [9.17, 15) is 0 Å². The van der Waals surface area contributed by atoms with Gasteiger partial charge in [-0.05, 0) is 6.42 Å². The Morgan fingerprint density at radius 1 is 1.42 bits per heavy atom. The zero-order chi connectivity index (χ0) is 13.8. The van der Waals surface area contributed by atoms with E-state index >= 15 is 0 Å². The number of thiazole rings is 1. The van der Waals surface area contributed by atoms with Crippen LogP contribution in [0.5, 0.6) is 0 Å². The van der Waals surface area contributed by atoms with Gasteiger partial charge in [-0.3, -0.25) is 0 Å². The standard InChI is InChI=1S/C14H18N4S/c1-4-6-9(3)14-16-7-11(19-14)12-10(5-2)13(15)18-8-17-12/h5,7-9H,2,4,6H2,1,3H3,(H2,15,17,18). The van der Waals surface area contributed by atoms with Gasteiger partial charge in [-0.25, -0.2) is 15.0 Å². The fourth-order valence-electron chi connectivity index (χ4n) is 1.99. The van der Waals surface area contributed by atoms with Gasteiger partial charge in [-0.15, -0.1) is 11.3 Å². The number of nitrogens with zero attached hydrogens (tertiary/aromatic N) is 3.